The number of benzene rings is 4. The summed E-state index contributed by atoms with van der Waals surface area (Å²) in [6.45, 7) is -1.64. The van der Waals surface area contributed by atoms with Gasteiger partial charge >= 0.3 is 6.18 Å². The number of hydrogen-bond acceptors (Lipinski definition) is 2. The summed E-state index contributed by atoms with van der Waals surface area (Å²) in [6.07, 6.45) is -4.62. The number of halogens is 7. The number of ether oxygens (including phenoxy) is 2. The molecule has 0 atom stereocenters. The number of fused-ring (bicyclic) bond motifs is 1. The average molecular weight is 480 g/mol. The quantitative estimate of drug-likeness (QED) is 0.273. The summed E-state index contributed by atoms with van der Waals surface area (Å²) in [5.41, 5.74) is -0.0382. The fraction of sp³-hybridized carbons (Fsp3) is 0.120. The van der Waals surface area contributed by atoms with Gasteiger partial charge in [-0.2, -0.15) is 13.2 Å². The van der Waals surface area contributed by atoms with Gasteiger partial charge in [-0.15, -0.1) is 0 Å². The molecule has 0 amide bonds. The third-order valence-electron chi connectivity index (χ3n) is 5.13. The first kappa shape index (κ1) is 23.4. The van der Waals surface area contributed by atoms with Gasteiger partial charge in [0.25, 0.3) is 0 Å². The standard InChI is InChI=1S/C25H15F7O2/c1-33-16-10-20(27)23(21(28)11-16)15-3-5-17(19(26)9-15)13-2-6-18-14(8-13)4-7-22(24(18)29)34-12-25(30,31)32/h2-11H,12H2,1H3. The van der Waals surface area contributed by atoms with E-state index in [4.69, 9.17) is 4.74 Å². The van der Waals surface area contributed by atoms with Crippen LogP contribution in [0, 0.1) is 23.3 Å². The Morgan fingerprint density at radius 2 is 1.41 bits per heavy atom. The van der Waals surface area contributed by atoms with Gasteiger partial charge in [0.1, 0.15) is 23.2 Å². The van der Waals surface area contributed by atoms with Gasteiger partial charge in [0.05, 0.1) is 12.7 Å². The van der Waals surface area contributed by atoms with Crippen molar-refractivity contribution in [1.82, 2.24) is 0 Å². The second-order valence-electron chi connectivity index (χ2n) is 7.38. The minimum atomic E-state index is -4.62. The molecule has 0 spiro atoms. The molecule has 0 N–H and O–H groups in total. The van der Waals surface area contributed by atoms with E-state index in [0.717, 1.165) is 24.3 Å². The van der Waals surface area contributed by atoms with Crippen LogP contribution >= 0.6 is 0 Å². The molecule has 0 aromatic heterocycles. The van der Waals surface area contributed by atoms with Gasteiger partial charge in [0, 0.05) is 23.1 Å². The molecule has 0 heterocycles. The van der Waals surface area contributed by atoms with E-state index in [1.54, 1.807) is 0 Å². The average Bonchev–Trinajstić information content (AvgIpc) is 2.77. The number of methoxy groups -OCH3 is 1. The van der Waals surface area contributed by atoms with E-state index in [-0.39, 0.29) is 22.3 Å². The van der Waals surface area contributed by atoms with Crippen molar-refractivity contribution >= 4 is 10.8 Å². The van der Waals surface area contributed by atoms with Gasteiger partial charge in [-0.25, -0.2) is 17.6 Å². The predicted molar refractivity (Wildman–Crippen MR) is 113 cm³/mol. The highest BCUT2D eigenvalue weighted by molar-refractivity contribution is 5.89. The third-order valence-corrected chi connectivity index (χ3v) is 5.13. The lowest BCUT2D eigenvalue weighted by Gasteiger charge is -2.12. The molecule has 0 bridgehead atoms. The van der Waals surface area contributed by atoms with Crippen molar-refractivity contribution in [2.24, 2.45) is 0 Å². The van der Waals surface area contributed by atoms with Crippen LogP contribution in [0.3, 0.4) is 0 Å². The van der Waals surface area contributed by atoms with E-state index in [0.29, 0.717) is 10.9 Å². The molecule has 4 aromatic rings. The maximum absolute atomic E-state index is 14.9. The Morgan fingerprint density at radius 3 is 2.03 bits per heavy atom. The Balaban J connectivity index is 1.68. The van der Waals surface area contributed by atoms with Crippen molar-refractivity contribution in [2.45, 2.75) is 6.18 Å². The molecule has 4 rings (SSSR count). The number of hydrogen-bond donors (Lipinski definition) is 0. The van der Waals surface area contributed by atoms with Crippen LogP contribution in [0.1, 0.15) is 0 Å². The zero-order valence-electron chi connectivity index (χ0n) is 17.4. The van der Waals surface area contributed by atoms with Crippen molar-refractivity contribution in [1.29, 1.82) is 0 Å². The van der Waals surface area contributed by atoms with Gasteiger partial charge in [-0.3, -0.25) is 0 Å². The molecule has 4 aromatic carbocycles. The molecular formula is C25H15F7O2. The summed E-state index contributed by atoms with van der Waals surface area (Å²) in [6, 6.07) is 12.1. The number of alkyl halides is 3. The molecule has 0 fully saturated rings. The van der Waals surface area contributed by atoms with E-state index < -0.39 is 47.4 Å². The Kier molecular flexibility index (Phi) is 6.12. The summed E-state index contributed by atoms with van der Waals surface area (Å²) in [7, 11) is 1.26. The maximum atomic E-state index is 14.9. The van der Waals surface area contributed by atoms with Gasteiger partial charge < -0.3 is 9.47 Å². The molecule has 0 saturated carbocycles. The molecular weight excluding hydrogens is 465 g/mol. The molecule has 0 unspecified atom stereocenters. The van der Waals surface area contributed by atoms with Crippen LogP contribution in [0.2, 0.25) is 0 Å². The lowest BCUT2D eigenvalue weighted by atomic mass is 9.97. The summed E-state index contributed by atoms with van der Waals surface area (Å²) in [5.74, 6) is -4.18. The van der Waals surface area contributed by atoms with Crippen molar-refractivity contribution in [3.63, 3.8) is 0 Å². The molecule has 0 aliphatic heterocycles. The van der Waals surface area contributed by atoms with Crippen LogP contribution < -0.4 is 9.47 Å². The highest BCUT2D eigenvalue weighted by Gasteiger charge is 2.29. The van der Waals surface area contributed by atoms with Crippen LogP contribution in [0.4, 0.5) is 30.7 Å². The first-order valence-electron chi connectivity index (χ1n) is 9.82. The second-order valence-corrected chi connectivity index (χ2v) is 7.38. The Bertz CT molecular complexity index is 1360. The van der Waals surface area contributed by atoms with Crippen molar-refractivity contribution in [3.05, 3.63) is 83.9 Å². The predicted octanol–water partition coefficient (Wildman–Crippen LogP) is 7.68. The summed E-state index contributed by atoms with van der Waals surface area (Å²) < 4.78 is 105. The Hall–Kier alpha value is -3.75. The Labute approximate surface area is 189 Å². The minimum absolute atomic E-state index is 0.0113. The molecule has 0 saturated heterocycles. The maximum Gasteiger partial charge on any atom is 0.422 e. The molecule has 0 aliphatic rings. The van der Waals surface area contributed by atoms with E-state index in [2.05, 4.69) is 4.74 Å². The highest BCUT2D eigenvalue weighted by atomic mass is 19.4. The van der Waals surface area contributed by atoms with Gasteiger partial charge in [-0.05, 0) is 34.7 Å². The Morgan fingerprint density at radius 1 is 0.735 bits per heavy atom. The van der Waals surface area contributed by atoms with Crippen LogP contribution in [0.5, 0.6) is 11.5 Å². The largest absolute Gasteiger partial charge is 0.497 e. The second kappa shape index (κ2) is 8.89. The summed E-state index contributed by atoms with van der Waals surface area (Å²) in [4.78, 5) is 0. The molecule has 0 radical (unpaired) electrons. The highest BCUT2D eigenvalue weighted by Crippen LogP contribution is 2.35. The first-order chi connectivity index (χ1) is 16.1. The van der Waals surface area contributed by atoms with Crippen molar-refractivity contribution in [2.75, 3.05) is 13.7 Å². The zero-order chi connectivity index (χ0) is 24.6. The van der Waals surface area contributed by atoms with Gasteiger partial charge in [0.15, 0.2) is 18.2 Å². The van der Waals surface area contributed by atoms with Crippen LogP contribution in [-0.4, -0.2) is 19.9 Å². The SMILES string of the molecule is COc1cc(F)c(-c2ccc(-c3ccc4c(F)c(OCC(F)(F)F)ccc4c3)c(F)c2)c(F)c1. The van der Waals surface area contributed by atoms with Crippen LogP contribution in [0.15, 0.2) is 60.7 Å². The zero-order valence-corrected chi connectivity index (χ0v) is 17.4. The number of rotatable bonds is 5. The van der Waals surface area contributed by atoms with Gasteiger partial charge in [0.2, 0.25) is 0 Å². The normalized spacial score (nSPS) is 11.6. The van der Waals surface area contributed by atoms with Crippen molar-refractivity contribution < 1.29 is 40.2 Å². The van der Waals surface area contributed by atoms with Crippen LogP contribution in [-0.2, 0) is 0 Å². The molecule has 9 heteroatoms. The lowest BCUT2D eigenvalue weighted by Crippen LogP contribution is -2.19. The fourth-order valence-electron chi connectivity index (χ4n) is 3.56. The summed E-state index contributed by atoms with van der Waals surface area (Å²) in [5, 5.41) is 0.285. The lowest BCUT2D eigenvalue weighted by molar-refractivity contribution is -0.153. The van der Waals surface area contributed by atoms with E-state index in [1.165, 1.54) is 43.5 Å². The first-order valence-corrected chi connectivity index (χ1v) is 9.82. The third kappa shape index (κ3) is 4.64. The molecule has 34 heavy (non-hydrogen) atoms. The smallest absolute Gasteiger partial charge is 0.422 e. The van der Waals surface area contributed by atoms with Gasteiger partial charge in [-0.1, -0.05) is 30.3 Å². The van der Waals surface area contributed by atoms with Crippen molar-refractivity contribution in [3.8, 4) is 33.8 Å². The summed E-state index contributed by atoms with van der Waals surface area (Å²) >= 11 is 0. The van der Waals surface area contributed by atoms with E-state index in [9.17, 15) is 30.7 Å². The monoisotopic (exact) mass is 480 g/mol. The molecule has 2 nitrogen and oxygen atoms in total. The minimum Gasteiger partial charge on any atom is -0.497 e. The fourth-order valence-corrected chi connectivity index (χ4v) is 3.56. The topological polar surface area (TPSA) is 18.5 Å². The molecule has 176 valence electrons. The molecule has 0 aliphatic carbocycles. The van der Waals surface area contributed by atoms with Crippen LogP contribution in [0.25, 0.3) is 33.0 Å². The van der Waals surface area contributed by atoms with E-state index in [1.807, 2.05) is 0 Å². The van der Waals surface area contributed by atoms with E-state index >= 15 is 0 Å².